The number of rotatable bonds is 10. The van der Waals surface area contributed by atoms with Crippen LogP contribution in [0.25, 0.3) is 0 Å². The second-order valence-corrected chi connectivity index (χ2v) is 7.99. The van der Waals surface area contributed by atoms with Gasteiger partial charge < -0.3 is 0 Å². The monoisotopic (exact) mass is 750 g/mol. The van der Waals surface area contributed by atoms with Gasteiger partial charge in [-0.05, 0) is 0 Å². The fraction of sp³-hybridized carbons (Fsp3) is 0.867. The van der Waals surface area contributed by atoms with Crippen molar-refractivity contribution in [2.45, 2.75) is 71.8 Å². The molecule has 0 saturated heterocycles. The summed E-state index contributed by atoms with van der Waals surface area (Å²) < 4.78 is 401. The first kappa shape index (κ1) is 42.6. The van der Waals surface area contributed by atoms with Gasteiger partial charge in [0.15, 0.2) is 5.83 Å². The summed E-state index contributed by atoms with van der Waals surface area (Å²) in [4.78, 5) is 0. The van der Waals surface area contributed by atoms with Gasteiger partial charge in [0.1, 0.15) is 0 Å². The Morgan fingerprint density at radius 2 is 0.378 bits per heavy atom. The smallest absolute Gasteiger partial charge is 0.205 e. The van der Waals surface area contributed by atoms with Gasteiger partial charge >= 0.3 is 77.9 Å². The molecule has 0 amide bonds. The number of hydrogen-bond donors (Lipinski definition) is 0. The average molecular weight is 750 g/mol. The predicted molar refractivity (Wildman–Crippen MR) is 75.5 cm³/mol. The van der Waals surface area contributed by atoms with E-state index in [9.17, 15) is 132 Å². The van der Waals surface area contributed by atoms with Crippen molar-refractivity contribution in [3.8, 4) is 0 Å². The van der Waals surface area contributed by atoms with Gasteiger partial charge in [0.25, 0.3) is 0 Å². The molecule has 0 atom stereocenters. The molecule has 30 heteroatoms. The number of allylic oxidation sites excluding steroid dienone is 1. The van der Waals surface area contributed by atoms with Crippen molar-refractivity contribution < 1.29 is 132 Å². The van der Waals surface area contributed by atoms with E-state index in [2.05, 4.69) is 0 Å². The fourth-order valence-electron chi connectivity index (χ4n) is 2.98. The molecule has 0 aromatic rings. The standard InChI is InChI=1S/C15F30/c16-1(2(17)18)3(4(19,20)7(25,26)10(31,32)13(37,38)39,5(21,22)8(27,28)11(33,34)14(40,41)42)6(23,24)9(29,30)12(35,36)15(43,44)45. The molecule has 0 aliphatic carbocycles. The fourth-order valence-corrected chi connectivity index (χ4v) is 2.98. The summed E-state index contributed by atoms with van der Waals surface area (Å²) in [5, 5.41) is 0. The third-order valence-corrected chi connectivity index (χ3v) is 5.34. The molecule has 0 fully saturated rings. The van der Waals surface area contributed by atoms with Crippen LogP contribution < -0.4 is 0 Å². The van der Waals surface area contributed by atoms with E-state index in [1.807, 2.05) is 0 Å². The van der Waals surface area contributed by atoms with Crippen LogP contribution in [-0.4, -0.2) is 71.8 Å². The molecule has 0 aliphatic heterocycles. The van der Waals surface area contributed by atoms with Gasteiger partial charge in [-0.2, -0.15) is 127 Å². The van der Waals surface area contributed by atoms with Gasteiger partial charge in [-0.25, -0.2) is 4.39 Å². The Hall–Kier alpha value is -2.36. The normalized spacial score (nSPS) is 16.7. The molecule has 0 unspecified atom stereocenters. The van der Waals surface area contributed by atoms with E-state index in [4.69, 9.17) is 0 Å². The molecule has 270 valence electrons. The molecule has 0 N–H and O–H groups in total. The Morgan fingerprint density at radius 3 is 0.489 bits per heavy atom. The summed E-state index contributed by atoms with van der Waals surface area (Å²) in [7, 11) is 0. The van der Waals surface area contributed by atoms with Gasteiger partial charge in [0, 0.05) is 0 Å². The summed E-state index contributed by atoms with van der Waals surface area (Å²) in [5.74, 6) is -97.6. The van der Waals surface area contributed by atoms with Crippen molar-refractivity contribution in [1.82, 2.24) is 0 Å². The maximum atomic E-state index is 14.6. The molecule has 0 saturated carbocycles. The highest BCUT2D eigenvalue weighted by Gasteiger charge is 3.04. The zero-order valence-electron chi connectivity index (χ0n) is 18.8. The van der Waals surface area contributed by atoms with E-state index in [0.29, 0.717) is 0 Å². The molecule has 0 bridgehead atoms. The van der Waals surface area contributed by atoms with Crippen LogP contribution in [0.3, 0.4) is 0 Å². The van der Waals surface area contributed by atoms with E-state index in [1.165, 1.54) is 0 Å². The lowest BCUT2D eigenvalue weighted by Crippen LogP contribution is -2.83. The molecular weight excluding hydrogens is 750 g/mol. The minimum Gasteiger partial charge on any atom is -0.205 e. The highest BCUT2D eigenvalue weighted by Crippen LogP contribution is 2.76. The number of halogens is 30. The SMILES string of the molecule is FC(F)=C(F)C(C(F)(F)C(F)(F)C(F)(F)C(F)(F)F)(C(F)(F)C(F)(F)C(F)(F)C(F)(F)F)C(F)(F)C(F)(F)C(F)(F)C(F)(F)F. The van der Waals surface area contributed by atoms with Crippen molar-refractivity contribution >= 4 is 0 Å². The van der Waals surface area contributed by atoms with Gasteiger partial charge in [0.2, 0.25) is 5.41 Å². The maximum Gasteiger partial charge on any atom is 0.460 e. The molecule has 0 aromatic carbocycles. The Labute approximate surface area is 222 Å². The summed E-state index contributed by atoms with van der Waals surface area (Å²) in [6.45, 7) is 0. The summed E-state index contributed by atoms with van der Waals surface area (Å²) in [6, 6.07) is 0. The summed E-state index contributed by atoms with van der Waals surface area (Å²) in [5.41, 5.74) is -10.8. The van der Waals surface area contributed by atoms with Gasteiger partial charge in [-0.1, -0.05) is 0 Å². The average Bonchev–Trinajstić information content (AvgIpc) is 2.75. The lowest BCUT2D eigenvalue weighted by molar-refractivity contribution is -0.498. The highest BCUT2D eigenvalue weighted by atomic mass is 19.5. The molecule has 0 radical (unpaired) electrons. The first-order valence-electron chi connectivity index (χ1n) is 9.17. The molecule has 0 nitrogen and oxygen atoms in total. The van der Waals surface area contributed by atoms with Gasteiger partial charge in [0.05, 0.1) is 0 Å². The Bertz CT molecular complexity index is 994. The lowest BCUT2D eigenvalue weighted by atomic mass is 9.61. The molecule has 0 aromatic heterocycles. The van der Waals surface area contributed by atoms with Crippen molar-refractivity contribution in [1.29, 1.82) is 0 Å². The minimum absolute atomic E-state index is 6.21. The summed E-state index contributed by atoms with van der Waals surface area (Å²) in [6.07, 6.45) is -32.5. The zero-order valence-corrected chi connectivity index (χ0v) is 18.8. The minimum atomic E-state index is -10.8. The van der Waals surface area contributed by atoms with Gasteiger partial charge in [-0.3, -0.25) is 0 Å². The van der Waals surface area contributed by atoms with E-state index < -0.39 is 89.2 Å². The van der Waals surface area contributed by atoms with Crippen LogP contribution in [0.15, 0.2) is 11.9 Å². The maximum absolute atomic E-state index is 14.6. The van der Waals surface area contributed by atoms with Crippen molar-refractivity contribution in [3.05, 3.63) is 11.9 Å². The Kier molecular flexibility index (Phi) is 9.78. The second kappa shape index (κ2) is 10.3. The topological polar surface area (TPSA) is 0 Å². The molecule has 0 aliphatic rings. The molecular formula is C15F30. The van der Waals surface area contributed by atoms with Crippen molar-refractivity contribution in [3.63, 3.8) is 0 Å². The quantitative estimate of drug-likeness (QED) is 0.195. The van der Waals surface area contributed by atoms with E-state index in [-0.39, 0.29) is 0 Å². The summed E-state index contributed by atoms with van der Waals surface area (Å²) >= 11 is 0. The number of hydrogen-bond acceptors (Lipinski definition) is 0. The number of alkyl halides is 27. The first-order valence-corrected chi connectivity index (χ1v) is 9.17. The zero-order chi connectivity index (χ0) is 37.7. The van der Waals surface area contributed by atoms with Crippen molar-refractivity contribution in [2.75, 3.05) is 0 Å². The van der Waals surface area contributed by atoms with E-state index in [1.54, 1.807) is 0 Å². The lowest BCUT2D eigenvalue weighted by Gasteiger charge is -2.54. The third-order valence-electron chi connectivity index (χ3n) is 5.34. The molecule has 0 heterocycles. The molecule has 0 spiro atoms. The van der Waals surface area contributed by atoms with Crippen LogP contribution in [0, 0.1) is 5.41 Å². The van der Waals surface area contributed by atoms with E-state index in [0.717, 1.165) is 0 Å². The predicted octanol–water partition coefficient (Wildman–Crippen LogP) is 10.5. The Balaban J connectivity index is 9.45. The first-order chi connectivity index (χ1) is 18.9. The van der Waals surface area contributed by atoms with Gasteiger partial charge in [-0.15, -0.1) is 0 Å². The van der Waals surface area contributed by atoms with Crippen LogP contribution in [0.2, 0.25) is 0 Å². The second-order valence-electron chi connectivity index (χ2n) is 7.99. The highest BCUT2D eigenvalue weighted by molar-refractivity contribution is 5.35. The van der Waals surface area contributed by atoms with Crippen LogP contribution in [-0.2, 0) is 0 Å². The van der Waals surface area contributed by atoms with Crippen LogP contribution in [0.1, 0.15) is 0 Å². The third kappa shape index (κ3) is 4.89. The van der Waals surface area contributed by atoms with E-state index >= 15 is 0 Å². The van der Waals surface area contributed by atoms with Crippen molar-refractivity contribution in [2.24, 2.45) is 5.41 Å². The molecule has 0 rings (SSSR count). The van der Waals surface area contributed by atoms with Crippen LogP contribution >= 0.6 is 0 Å². The van der Waals surface area contributed by atoms with Crippen LogP contribution in [0.5, 0.6) is 0 Å². The largest absolute Gasteiger partial charge is 0.460 e. The molecule has 45 heavy (non-hydrogen) atoms. The van der Waals surface area contributed by atoms with Crippen LogP contribution in [0.4, 0.5) is 132 Å². The Morgan fingerprint density at radius 1 is 0.222 bits per heavy atom.